The van der Waals surface area contributed by atoms with Gasteiger partial charge in [0.25, 0.3) is 5.91 Å². The predicted octanol–water partition coefficient (Wildman–Crippen LogP) is 2.93. The van der Waals surface area contributed by atoms with Crippen molar-refractivity contribution in [1.82, 2.24) is 15.2 Å². The average Bonchev–Trinajstić information content (AvgIpc) is 3.31. The van der Waals surface area contributed by atoms with Gasteiger partial charge in [0, 0.05) is 5.38 Å². The smallest absolute Gasteiger partial charge is 0.357 e. The fourth-order valence-corrected chi connectivity index (χ4v) is 4.80. The highest BCUT2D eigenvalue weighted by Crippen LogP contribution is 2.30. The lowest BCUT2D eigenvalue weighted by Gasteiger charge is -2.30. The lowest BCUT2D eigenvalue weighted by Crippen LogP contribution is -2.49. The zero-order chi connectivity index (χ0) is 21.7. The maximum Gasteiger partial charge on any atom is 0.357 e. The van der Waals surface area contributed by atoms with Crippen molar-refractivity contribution in [2.45, 2.75) is 70.4 Å². The third-order valence-electron chi connectivity index (χ3n) is 5.65. The quantitative estimate of drug-likeness (QED) is 0.478. The summed E-state index contributed by atoms with van der Waals surface area (Å²) in [6.45, 7) is 1.94. The van der Waals surface area contributed by atoms with Gasteiger partial charge in [-0.05, 0) is 18.8 Å². The highest BCUT2D eigenvalue weighted by atomic mass is 32.1. The van der Waals surface area contributed by atoms with Crippen molar-refractivity contribution >= 4 is 40.3 Å². The van der Waals surface area contributed by atoms with Crippen LogP contribution in [0.5, 0.6) is 0 Å². The van der Waals surface area contributed by atoms with Gasteiger partial charge in [0.15, 0.2) is 10.8 Å². The lowest BCUT2D eigenvalue weighted by atomic mass is 9.84. The Morgan fingerprint density at radius 3 is 2.73 bits per heavy atom. The van der Waals surface area contributed by atoms with Gasteiger partial charge in [-0.3, -0.25) is 9.59 Å². The maximum absolute atomic E-state index is 13.1. The number of hydrogen-bond acceptors (Lipinski definition) is 7. The Morgan fingerprint density at radius 1 is 1.33 bits per heavy atom. The summed E-state index contributed by atoms with van der Waals surface area (Å²) in [5, 5.41) is 7.10. The number of rotatable bonds is 8. The van der Waals surface area contributed by atoms with Crippen molar-refractivity contribution in [2.24, 2.45) is 5.92 Å². The summed E-state index contributed by atoms with van der Waals surface area (Å²) in [4.78, 5) is 55.3. The van der Waals surface area contributed by atoms with Gasteiger partial charge in [-0.1, -0.05) is 45.4 Å². The van der Waals surface area contributed by atoms with Gasteiger partial charge >= 0.3 is 12.0 Å². The second kappa shape index (κ2) is 10.0. The number of thiazole rings is 1. The van der Waals surface area contributed by atoms with E-state index in [1.807, 2.05) is 6.92 Å². The topological polar surface area (TPSA) is 118 Å². The minimum absolute atomic E-state index is 0.0969. The molecule has 0 spiro atoms. The van der Waals surface area contributed by atoms with Gasteiger partial charge in [-0.25, -0.2) is 19.5 Å². The molecule has 9 nitrogen and oxygen atoms in total. The number of ether oxygens (including phenoxy) is 1. The Kier molecular flexibility index (Phi) is 7.41. The van der Waals surface area contributed by atoms with Crippen molar-refractivity contribution in [3.63, 3.8) is 0 Å². The first-order valence-electron chi connectivity index (χ1n) is 10.4. The van der Waals surface area contributed by atoms with Crippen LogP contribution >= 0.6 is 11.3 Å². The molecule has 2 aliphatic rings. The van der Waals surface area contributed by atoms with Gasteiger partial charge in [-0.15, -0.1) is 11.3 Å². The van der Waals surface area contributed by atoms with Crippen LogP contribution in [0.1, 0.15) is 68.8 Å². The van der Waals surface area contributed by atoms with Gasteiger partial charge in [0.05, 0.1) is 7.11 Å². The molecule has 0 aromatic carbocycles. The summed E-state index contributed by atoms with van der Waals surface area (Å²) >= 11 is 1.09. The number of urea groups is 1. The van der Waals surface area contributed by atoms with Crippen LogP contribution in [0.4, 0.5) is 9.93 Å². The fourth-order valence-electron chi connectivity index (χ4n) is 4.11. The van der Waals surface area contributed by atoms with E-state index in [0.29, 0.717) is 12.8 Å². The Morgan fingerprint density at radius 2 is 2.07 bits per heavy atom. The molecule has 1 aliphatic carbocycles. The first kappa shape index (κ1) is 22.2. The van der Waals surface area contributed by atoms with Gasteiger partial charge in [0.1, 0.15) is 12.1 Å². The van der Waals surface area contributed by atoms with Crippen molar-refractivity contribution in [2.75, 3.05) is 12.4 Å². The van der Waals surface area contributed by atoms with Crippen molar-refractivity contribution in [3.8, 4) is 0 Å². The largest absolute Gasteiger partial charge is 0.464 e. The Labute approximate surface area is 179 Å². The second-order valence-electron chi connectivity index (χ2n) is 7.77. The Bertz CT molecular complexity index is 805. The number of anilines is 1. The molecule has 10 heteroatoms. The number of nitrogens with one attached hydrogen (secondary N) is 2. The number of carbonyl (C=O) groups excluding carboxylic acids is 4. The summed E-state index contributed by atoms with van der Waals surface area (Å²) in [6, 6.07) is -2.02. The molecule has 0 radical (unpaired) electrons. The van der Waals surface area contributed by atoms with Crippen molar-refractivity contribution in [3.05, 3.63) is 11.1 Å². The number of carbonyl (C=O) groups is 4. The lowest BCUT2D eigenvalue weighted by molar-refractivity contribution is -0.134. The molecule has 0 bridgehead atoms. The van der Waals surface area contributed by atoms with Crippen molar-refractivity contribution < 1.29 is 23.9 Å². The van der Waals surface area contributed by atoms with Crippen LogP contribution in [0, 0.1) is 5.92 Å². The fraction of sp³-hybridized carbons (Fsp3) is 0.650. The van der Waals surface area contributed by atoms with E-state index in [2.05, 4.69) is 20.4 Å². The molecule has 2 N–H and O–H groups in total. The van der Waals surface area contributed by atoms with E-state index >= 15 is 0 Å². The number of hydrogen-bond donors (Lipinski definition) is 2. The summed E-state index contributed by atoms with van der Waals surface area (Å²) in [6.07, 6.45) is 7.03. The Balaban J connectivity index is 1.78. The number of methoxy groups -OCH3 is 1. The number of nitrogens with zero attached hydrogens (tertiary/aromatic N) is 2. The molecular weight excluding hydrogens is 408 g/mol. The van der Waals surface area contributed by atoms with Crippen LogP contribution in [-0.2, 0) is 14.3 Å². The van der Waals surface area contributed by atoms with Crippen molar-refractivity contribution in [1.29, 1.82) is 0 Å². The molecule has 1 saturated carbocycles. The number of amides is 4. The normalized spacial score (nSPS) is 20.7. The van der Waals surface area contributed by atoms with E-state index in [-0.39, 0.29) is 22.7 Å². The molecule has 3 rings (SSSR count). The minimum atomic E-state index is -0.909. The van der Waals surface area contributed by atoms with E-state index in [4.69, 9.17) is 0 Å². The van der Waals surface area contributed by atoms with Gasteiger partial charge in [0.2, 0.25) is 5.91 Å². The van der Waals surface area contributed by atoms with E-state index in [9.17, 15) is 19.2 Å². The highest BCUT2D eigenvalue weighted by molar-refractivity contribution is 7.14. The molecule has 1 saturated heterocycles. The van der Waals surface area contributed by atoms with Gasteiger partial charge in [-0.2, -0.15) is 0 Å². The SMILES string of the molecule is CCC[C@H]1NC(=O)N([C@@H](CC2CCCCC2)C(=O)Nc2nc(C(=O)OC)cs2)C1=O. The summed E-state index contributed by atoms with van der Waals surface area (Å²) in [5.41, 5.74) is 0.0969. The predicted molar refractivity (Wildman–Crippen MR) is 111 cm³/mol. The summed E-state index contributed by atoms with van der Waals surface area (Å²) < 4.78 is 4.63. The molecule has 0 unspecified atom stereocenters. The first-order chi connectivity index (χ1) is 14.4. The molecule has 4 amide bonds. The first-order valence-corrected chi connectivity index (χ1v) is 11.3. The Hall–Kier alpha value is -2.49. The van der Waals surface area contributed by atoms with Crippen LogP contribution in [0.25, 0.3) is 0 Å². The molecule has 164 valence electrons. The zero-order valence-corrected chi connectivity index (χ0v) is 18.1. The van der Waals surface area contributed by atoms with E-state index < -0.39 is 30.0 Å². The molecule has 30 heavy (non-hydrogen) atoms. The van der Waals surface area contributed by atoms with Crippen LogP contribution < -0.4 is 10.6 Å². The second-order valence-corrected chi connectivity index (χ2v) is 8.63. The molecule has 1 aromatic rings. The van der Waals surface area contributed by atoms with E-state index in [1.165, 1.54) is 18.9 Å². The number of esters is 1. The van der Waals surface area contributed by atoms with Crippen LogP contribution in [0.2, 0.25) is 0 Å². The third kappa shape index (κ3) is 4.97. The third-order valence-corrected chi connectivity index (χ3v) is 6.41. The molecule has 2 fully saturated rings. The number of aromatic nitrogens is 1. The van der Waals surface area contributed by atoms with E-state index in [0.717, 1.165) is 48.3 Å². The minimum Gasteiger partial charge on any atom is -0.464 e. The molecule has 2 atom stereocenters. The number of imide groups is 1. The maximum atomic E-state index is 13.1. The molecule has 1 aromatic heterocycles. The van der Waals surface area contributed by atoms with Gasteiger partial charge < -0.3 is 15.4 Å². The summed E-state index contributed by atoms with van der Waals surface area (Å²) in [5.74, 6) is -1.14. The van der Waals surface area contributed by atoms with Crippen LogP contribution in [-0.4, -0.2) is 52.9 Å². The van der Waals surface area contributed by atoms with E-state index in [1.54, 1.807) is 0 Å². The standard InChI is InChI=1S/C20H28N4O5S/c1-3-7-13-17(26)24(20(28)22-13)15(10-12-8-5-4-6-9-12)16(25)23-19-21-14(11-30-19)18(27)29-2/h11-13,15H,3-10H2,1-2H3,(H,22,28)(H,21,23,25)/t13-,15+/m1/s1. The highest BCUT2D eigenvalue weighted by Gasteiger charge is 2.45. The van der Waals surface area contributed by atoms with Crippen LogP contribution in [0.3, 0.4) is 0 Å². The molecular formula is C20H28N4O5S. The monoisotopic (exact) mass is 436 g/mol. The average molecular weight is 437 g/mol. The van der Waals surface area contributed by atoms with Crippen LogP contribution in [0.15, 0.2) is 5.38 Å². The zero-order valence-electron chi connectivity index (χ0n) is 17.3. The molecule has 2 heterocycles. The summed E-state index contributed by atoms with van der Waals surface area (Å²) in [7, 11) is 1.25. The molecule has 1 aliphatic heterocycles.